The van der Waals surface area contributed by atoms with Crippen LogP contribution >= 0.6 is 0 Å². The summed E-state index contributed by atoms with van der Waals surface area (Å²) in [6.45, 7) is 1.50. The van der Waals surface area contributed by atoms with Gasteiger partial charge < -0.3 is 9.64 Å². The van der Waals surface area contributed by atoms with Crippen molar-refractivity contribution >= 4 is 11.5 Å². The molecule has 0 unspecified atom stereocenters. The summed E-state index contributed by atoms with van der Waals surface area (Å²) in [6, 6.07) is 13.3. The molecule has 0 N–H and O–H groups in total. The van der Waals surface area contributed by atoms with E-state index in [1.807, 2.05) is 30.3 Å². The maximum atomic E-state index is 12.6. The van der Waals surface area contributed by atoms with Crippen molar-refractivity contribution in [2.45, 2.75) is 6.42 Å². The van der Waals surface area contributed by atoms with Crippen molar-refractivity contribution < 1.29 is 4.74 Å². The average molecular weight is 374 g/mol. The maximum Gasteiger partial charge on any atom is 0.255 e. The van der Waals surface area contributed by atoms with Gasteiger partial charge in [-0.3, -0.25) is 14.3 Å². The lowest BCUT2D eigenvalue weighted by atomic mass is 10.0. The third-order valence-electron chi connectivity index (χ3n) is 4.96. The molecule has 1 aromatic carbocycles. The Labute approximate surface area is 163 Å². The molecular weight excluding hydrogens is 352 g/mol. The highest BCUT2D eigenvalue weighted by Gasteiger charge is 2.19. The minimum atomic E-state index is -0.0747. The van der Waals surface area contributed by atoms with Crippen LogP contribution < -0.4 is 15.2 Å². The summed E-state index contributed by atoms with van der Waals surface area (Å²) in [6.07, 6.45) is 6.55. The zero-order valence-electron chi connectivity index (χ0n) is 16.0. The second-order valence-electron chi connectivity index (χ2n) is 6.75. The zero-order valence-corrected chi connectivity index (χ0v) is 16.0. The van der Waals surface area contributed by atoms with E-state index in [1.165, 1.54) is 5.57 Å². The highest BCUT2D eigenvalue weighted by atomic mass is 16.5. The molecule has 0 fully saturated rings. The van der Waals surface area contributed by atoms with E-state index in [0.717, 1.165) is 29.8 Å². The highest BCUT2D eigenvalue weighted by molar-refractivity contribution is 5.72. The number of hydrogen-bond acceptors (Lipinski definition) is 5. The lowest BCUT2D eigenvalue weighted by Crippen LogP contribution is -2.35. The molecular formula is C22H22N4O2. The quantitative estimate of drug-likeness (QED) is 0.702. The van der Waals surface area contributed by atoms with Crippen LogP contribution in [0.3, 0.4) is 0 Å². The highest BCUT2D eigenvalue weighted by Crippen LogP contribution is 2.27. The van der Waals surface area contributed by atoms with E-state index in [9.17, 15) is 4.79 Å². The van der Waals surface area contributed by atoms with Gasteiger partial charge >= 0.3 is 0 Å². The molecule has 1 aliphatic heterocycles. The molecule has 0 aliphatic carbocycles. The molecule has 4 rings (SSSR count). The summed E-state index contributed by atoms with van der Waals surface area (Å²) in [5.74, 6) is 1.51. The fourth-order valence-electron chi connectivity index (χ4n) is 3.43. The first-order chi connectivity index (χ1) is 13.7. The predicted molar refractivity (Wildman–Crippen MR) is 111 cm³/mol. The molecule has 0 amide bonds. The predicted octanol–water partition coefficient (Wildman–Crippen LogP) is 3.14. The Bertz CT molecular complexity index is 1070. The maximum absolute atomic E-state index is 12.6. The number of ether oxygens (including phenoxy) is 1. The van der Waals surface area contributed by atoms with Gasteiger partial charge in [-0.15, -0.1) is 0 Å². The van der Waals surface area contributed by atoms with Gasteiger partial charge in [0, 0.05) is 44.2 Å². The average Bonchev–Trinajstić information content (AvgIpc) is 2.76. The van der Waals surface area contributed by atoms with Crippen molar-refractivity contribution in [3.05, 3.63) is 76.9 Å². The van der Waals surface area contributed by atoms with Crippen LogP contribution in [0.5, 0.6) is 5.75 Å². The second kappa shape index (κ2) is 7.68. The van der Waals surface area contributed by atoms with E-state index >= 15 is 0 Å². The van der Waals surface area contributed by atoms with Crippen LogP contribution in [-0.4, -0.2) is 34.7 Å². The molecule has 3 aromatic rings. The number of methoxy groups -OCH3 is 1. The number of pyridine rings is 1. The van der Waals surface area contributed by atoms with Crippen molar-refractivity contribution in [3.63, 3.8) is 0 Å². The molecule has 28 heavy (non-hydrogen) atoms. The lowest BCUT2D eigenvalue weighted by Gasteiger charge is -2.30. The number of benzene rings is 1. The van der Waals surface area contributed by atoms with Gasteiger partial charge in [-0.2, -0.15) is 0 Å². The largest absolute Gasteiger partial charge is 0.497 e. The normalized spacial score (nSPS) is 13.9. The Morgan fingerprint density at radius 2 is 1.89 bits per heavy atom. The Hall–Kier alpha value is -3.41. The van der Waals surface area contributed by atoms with E-state index in [0.29, 0.717) is 18.2 Å². The zero-order chi connectivity index (χ0) is 19.5. The number of anilines is 1. The number of aromatic nitrogens is 3. The number of nitrogens with zero attached hydrogens (tertiary/aromatic N) is 4. The van der Waals surface area contributed by atoms with Crippen molar-refractivity contribution in [2.24, 2.45) is 7.05 Å². The van der Waals surface area contributed by atoms with Crippen LogP contribution in [-0.2, 0) is 7.05 Å². The van der Waals surface area contributed by atoms with Gasteiger partial charge in [-0.1, -0.05) is 18.2 Å². The molecule has 0 spiro atoms. The molecule has 2 aromatic heterocycles. The van der Waals surface area contributed by atoms with Crippen LogP contribution in [0.1, 0.15) is 12.0 Å². The Morgan fingerprint density at radius 3 is 2.68 bits per heavy atom. The fraction of sp³-hybridized carbons (Fsp3) is 0.227. The first-order valence-corrected chi connectivity index (χ1v) is 9.22. The van der Waals surface area contributed by atoms with Crippen molar-refractivity contribution in [3.8, 4) is 17.0 Å². The van der Waals surface area contributed by atoms with Crippen LogP contribution in [0, 0.1) is 0 Å². The molecule has 0 radical (unpaired) electrons. The number of rotatable bonds is 4. The summed E-state index contributed by atoms with van der Waals surface area (Å²) >= 11 is 0. The van der Waals surface area contributed by atoms with E-state index < -0.39 is 0 Å². The molecule has 6 nitrogen and oxygen atoms in total. The van der Waals surface area contributed by atoms with Gasteiger partial charge in [0.2, 0.25) is 5.95 Å². The Kier molecular flexibility index (Phi) is 4.93. The molecule has 0 saturated carbocycles. The first-order valence-electron chi connectivity index (χ1n) is 9.22. The van der Waals surface area contributed by atoms with Crippen molar-refractivity contribution in [1.82, 2.24) is 14.5 Å². The smallest absolute Gasteiger partial charge is 0.255 e. The molecule has 6 heteroatoms. The van der Waals surface area contributed by atoms with E-state index in [2.05, 4.69) is 22.0 Å². The topological polar surface area (TPSA) is 60.2 Å². The second-order valence-corrected chi connectivity index (χ2v) is 6.75. The van der Waals surface area contributed by atoms with Gasteiger partial charge in [0.15, 0.2) is 0 Å². The fourth-order valence-corrected chi connectivity index (χ4v) is 3.43. The van der Waals surface area contributed by atoms with Crippen LogP contribution in [0.15, 0.2) is 65.7 Å². The first kappa shape index (κ1) is 18.0. The van der Waals surface area contributed by atoms with Crippen LogP contribution in [0.2, 0.25) is 0 Å². The molecule has 1 aliphatic rings. The minimum absolute atomic E-state index is 0.0747. The summed E-state index contributed by atoms with van der Waals surface area (Å²) in [5.41, 5.74) is 3.80. The van der Waals surface area contributed by atoms with Gasteiger partial charge in [-0.05, 0) is 41.8 Å². The molecule has 3 heterocycles. The van der Waals surface area contributed by atoms with Crippen LogP contribution in [0.4, 0.5) is 5.95 Å². The SMILES string of the molecule is COc1cccc(C2=CCCN(c3nc(-c4ccncc4)cc(=O)n3C)C2)c1. The Morgan fingerprint density at radius 1 is 1.07 bits per heavy atom. The third kappa shape index (κ3) is 3.53. The molecule has 0 saturated heterocycles. The van der Waals surface area contributed by atoms with E-state index in [-0.39, 0.29) is 5.56 Å². The standard InChI is InChI=1S/C22H22N4O2/c1-25-21(27)14-20(16-8-10-23-11-9-16)24-22(25)26-12-4-6-18(15-26)17-5-3-7-19(13-17)28-2/h3,5-11,13-14H,4,12,15H2,1-2H3. The minimum Gasteiger partial charge on any atom is -0.497 e. The lowest BCUT2D eigenvalue weighted by molar-refractivity contribution is 0.414. The summed E-state index contributed by atoms with van der Waals surface area (Å²) < 4.78 is 6.96. The van der Waals surface area contributed by atoms with Gasteiger partial charge in [0.25, 0.3) is 5.56 Å². The van der Waals surface area contributed by atoms with Crippen molar-refractivity contribution in [1.29, 1.82) is 0 Å². The van der Waals surface area contributed by atoms with Crippen LogP contribution in [0.25, 0.3) is 16.8 Å². The summed E-state index contributed by atoms with van der Waals surface area (Å²) in [7, 11) is 3.44. The summed E-state index contributed by atoms with van der Waals surface area (Å²) in [5, 5.41) is 0. The molecule has 142 valence electrons. The van der Waals surface area contributed by atoms with Gasteiger partial charge in [0.05, 0.1) is 12.8 Å². The van der Waals surface area contributed by atoms with E-state index in [4.69, 9.17) is 9.72 Å². The Balaban J connectivity index is 1.68. The number of hydrogen-bond donors (Lipinski definition) is 0. The van der Waals surface area contributed by atoms with Gasteiger partial charge in [-0.25, -0.2) is 4.98 Å². The van der Waals surface area contributed by atoms with E-state index in [1.54, 1.807) is 37.2 Å². The molecule has 0 bridgehead atoms. The monoisotopic (exact) mass is 374 g/mol. The third-order valence-corrected chi connectivity index (χ3v) is 4.96. The molecule has 0 atom stereocenters. The summed E-state index contributed by atoms with van der Waals surface area (Å²) in [4.78, 5) is 23.6. The van der Waals surface area contributed by atoms with Gasteiger partial charge in [0.1, 0.15) is 5.75 Å². The van der Waals surface area contributed by atoms with Crippen molar-refractivity contribution in [2.75, 3.05) is 25.1 Å².